The van der Waals surface area contributed by atoms with Crippen molar-refractivity contribution in [2.24, 2.45) is 11.8 Å². The SMILES string of the molecule is CCCCC(CC)C1(OC2(C(CC)CCCC)CCO2)CCO1. The molecule has 0 aromatic rings. The highest BCUT2D eigenvalue weighted by Gasteiger charge is 2.56. The molecule has 0 N–H and O–H groups in total. The zero-order chi connectivity index (χ0) is 16.8. The van der Waals surface area contributed by atoms with Crippen molar-refractivity contribution in [3.05, 3.63) is 0 Å². The molecule has 0 bridgehead atoms. The third-order valence-corrected chi connectivity index (χ3v) is 5.98. The zero-order valence-corrected chi connectivity index (χ0v) is 15.9. The molecule has 2 aliphatic heterocycles. The molecule has 0 aromatic heterocycles. The van der Waals surface area contributed by atoms with Gasteiger partial charge in [-0.3, -0.25) is 0 Å². The van der Waals surface area contributed by atoms with Gasteiger partial charge in [-0.25, -0.2) is 0 Å². The summed E-state index contributed by atoms with van der Waals surface area (Å²) in [7, 11) is 0. The molecule has 0 aliphatic carbocycles. The summed E-state index contributed by atoms with van der Waals surface area (Å²) in [5.74, 6) is 0.260. The quantitative estimate of drug-likeness (QED) is 0.462. The Hall–Kier alpha value is -0.120. The van der Waals surface area contributed by atoms with E-state index in [9.17, 15) is 0 Å². The van der Waals surface area contributed by atoms with Gasteiger partial charge in [-0.15, -0.1) is 0 Å². The summed E-state index contributed by atoms with van der Waals surface area (Å²) in [4.78, 5) is 0. The Balaban J connectivity index is 2.07. The molecule has 0 spiro atoms. The van der Waals surface area contributed by atoms with Gasteiger partial charge in [-0.1, -0.05) is 53.4 Å². The van der Waals surface area contributed by atoms with E-state index in [0.717, 1.165) is 38.9 Å². The summed E-state index contributed by atoms with van der Waals surface area (Å²) in [5, 5.41) is 0. The first-order chi connectivity index (χ1) is 11.2. The standard InChI is InChI=1S/C20H38O3/c1-5-9-11-17(7-3)19(13-15-21-19)23-20(14-16-22-20)18(8-4)12-10-6-2/h17-18H,5-16H2,1-4H3. The maximum absolute atomic E-state index is 6.75. The van der Waals surface area contributed by atoms with Crippen LogP contribution in [0.2, 0.25) is 0 Å². The van der Waals surface area contributed by atoms with E-state index in [2.05, 4.69) is 27.7 Å². The van der Waals surface area contributed by atoms with Crippen molar-refractivity contribution in [1.82, 2.24) is 0 Å². The van der Waals surface area contributed by atoms with Crippen molar-refractivity contribution >= 4 is 0 Å². The lowest BCUT2D eigenvalue weighted by molar-refractivity contribution is -0.457. The predicted molar refractivity (Wildman–Crippen MR) is 94.3 cm³/mol. The summed E-state index contributed by atoms with van der Waals surface area (Å²) in [5.41, 5.74) is 0. The highest BCUT2D eigenvalue weighted by atomic mass is 16.8. The van der Waals surface area contributed by atoms with Crippen LogP contribution in [0.5, 0.6) is 0 Å². The van der Waals surface area contributed by atoms with E-state index in [1.807, 2.05) is 0 Å². The maximum atomic E-state index is 6.75. The molecule has 2 fully saturated rings. The molecule has 2 saturated heterocycles. The Morgan fingerprint density at radius 2 is 1.17 bits per heavy atom. The number of hydrogen-bond donors (Lipinski definition) is 0. The van der Waals surface area contributed by atoms with Crippen LogP contribution in [-0.4, -0.2) is 24.8 Å². The fourth-order valence-corrected chi connectivity index (χ4v) is 4.24. The molecule has 23 heavy (non-hydrogen) atoms. The minimum atomic E-state index is -0.371. The van der Waals surface area contributed by atoms with Gasteiger partial charge in [-0.05, 0) is 25.7 Å². The van der Waals surface area contributed by atoms with E-state index < -0.39 is 0 Å². The highest BCUT2D eigenvalue weighted by Crippen LogP contribution is 2.49. The Kier molecular flexibility index (Phi) is 7.37. The number of hydrogen-bond acceptors (Lipinski definition) is 3. The van der Waals surface area contributed by atoms with Crippen LogP contribution < -0.4 is 0 Å². The Morgan fingerprint density at radius 1 is 0.783 bits per heavy atom. The number of rotatable bonds is 12. The first-order valence-electron chi connectivity index (χ1n) is 10.1. The average molecular weight is 327 g/mol. The van der Waals surface area contributed by atoms with Gasteiger partial charge in [0, 0.05) is 24.7 Å². The Bertz CT molecular complexity index is 302. The van der Waals surface area contributed by atoms with Gasteiger partial charge in [-0.2, -0.15) is 0 Å². The van der Waals surface area contributed by atoms with Crippen molar-refractivity contribution < 1.29 is 14.2 Å². The van der Waals surface area contributed by atoms with Gasteiger partial charge < -0.3 is 14.2 Å². The van der Waals surface area contributed by atoms with Gasteiger partial charge in [0.1, 0.15) is 0 Å². The molecule has 0 amide bonds. The second kappa shape index (κ2) is 8.82. The molecule has 3 nitrogen and oxygen atoms in total. The van der Waals surface area contributed by atoms with Crippen molar-refractivity contribution in [2.45, 2.75) is 103 Å². The fourth-order valence-electron chi connectivity index (χ4n) is 4.24. The first kappa shape index (κ1) is 19.2. The van der Waals surface area contributed by atoms with Crippen LogP contribution in [0.1, 0.15) is 91.9 Å². The van der Waals surface area contributed by atoms with Crippen molar-refractivity contribution in [3.63, 3.8) is 0 Å². The van der Waals surface area contributed by atoms with Gasteiger partial charge in [0.25, 0.3) is 0 Å². The summed E-state index contributed by atoms with van der Waals surface area (Å²) < 4.78 is 18.9. The molecule has 4 atom stereocenters. The fraction of sp³-hybridized carbons (Fsp3) is 1.00. The molecule has 2 rings (SSSR count). The largest absolute Gasteiger partial charge is 0.349 e. The zero-order valence-electron chi connectivity index (χ0n) is 15.9. The van der Waals surface area contributed by atoms with E-state index >= 15 is 0 Å². The molecule has 3 heteroatoms. The second-order valence-corrected chi connectivity index (χ2v) is 7.42. The molecule has 2 aliphatic rings. The minimum absolute atomic E-state index is 0.371. The van der Waals surface area contributed by atoms with E-state index in [1.54, 1.807) is 0 Å². The lowest BCUT2D eigenvalue weighted by Crippen LogP contribution is -2.63. The lowest BCUT2D eigenvalue weighted by Gasteiger charge is -2.56. The highest BCUT2D eigenvalue weighted by molar-refractivity contribution is 4.93. The molecular weight excluding hydrogens is 288 g/mol. The lowest BCUT2D eigenvalue weighted by atomic mass is 9.82. The normalized spacial score (nSPS) is 32.9. The van der Waals surface area contributed by atoms with Crippen LogP contribution in [0, 0.1) is 11.8 Å². The van der Waals surface area contributed by atoms with Gasteiger partial charge >= 0.3 is 0 Å². The van der Waals surface area contributed by atoms with Crippen molar-refractivity contribution in [2.75, 3.05) is 13.2 Å². The minimum Gasteiger partial charge on any atom is -0.349 e. The number of ether oxygens (including phenoxy) is 3. The molecule has 0 radical (unpaired) electrons. The molecule has 0 aromatic carbocycles. The van der Waals surface area contributed by atoms with Crippen LogP contribution in [0.25, 0.3) is 0 Å². The molecular formula is C20H38O3. The maximum Gasteiger partial charge on any atom is 0.176 e. The van der Waals surface area contributed by atoms with Crippen LogP contribution in [0.3, 0.4) is 0 Å². The number of unbranched alkanes of at least 4 members (excludes halogenated alkanes) is 2. The summed E-state index contributed by atoms with van der Waals surface area (Å²) in [6.07, 6.45) is 11.7. The molecule has 0 saturated carbocycles. The van der Waals surface area contributed by atoms with Crippen LogP contribution in [-0.2, 0) is 14.2 Å². The smallest absolute Gasteiger partial charge is 0.176 e. The molecule has 2 heterocycles. The average Bonchev–Trinajstić information content (AvgIpc) is 2.49. The van der Waals surface area contributed by atoms with Crippen LogP contribution in [0.4, 0.5) is 0 Å². The van der Waals surface area contributed by atoms with E-state index in [0.29, 0.717) is 11.8 Å². The summed E-state index contributed by atoms with van der Waals surface area (Å²) >= 11 is 0. The van der Waals surface area contributed by atoms with Gasteiger partial charge in [0.2, 0.25) is 0 Å². The molecule has 4 unspecified atom stereocenters. The molecule has 136 valence electrons. The van der Waals surface area contributed by atoms with E-state index in [-0.39, 0.29) is 11.6 Å². The third-order valence-electron chi connectivity index (χ3n) is 5.98. The monoisotopic (exact) mass is 326 g/mol. The van der Waals surface area contributed by atoms with Crippen LogP contribution >= 0.6 is 0 Å². The summed E-state index contributed by atoms with van der Waals surface area (Å²) in [6.45, 7) is 10.7. The van der Waals surface area contributed by atoms with Crippen LogP contribution in [0.15, 0.2) is 0 Å². The Labute approximate surface area is 143 Å². The van der Waals surface area contributed by atoms with Gasteiger partial charge in [0.05, 0.1) is 13.2 Å². The van der Waals surface area contributed by atoms with Crippen molar-refractivity contribution in [3.8, 4) is 0 Å². The first-order valence-corrected chi connectivity index (χ1v) is 10.1. The second-order valence-electron chi connectivity index (χ2n) is 7.42. The predicted octanol–water partition coefficient (Wildman–Crippen LogP) is 5.67. The van der Waals surface area contributed by atoms with E-state index in [1.165, 1.54) is 38.5 Å². The van der Waals surface area contributed by atoms with Gasteiger partial charge in [0.15, 0.2) is 11.6 Å². The topological polar surface area (TPSA) is 27.7 Å². The summed E-state index contributed by atoms with van der Waals surface area (Å²) in [6, 6.07) is 0. The Morgan fingerprint density at radius 3 is 1.39 bits per heavy atom. The van der Waals surface area contributed by atoms with Crippen molar-refractivity contribution in [1.29, 1.82) is 0 Å². The third kappa shape index (κ3) is 4.11. The van der Waals surface area contributed by atoms with E-state index in [4.69, 9.17) is 14.2 Å².